The molecule has 7 heteroatoms. The fourth-order valence-electron chi connectivity index (χ4n) is 1.53. The number of carbonyl (C=O) groups is 1. The summed E-state index contributed by atoms with van der Waals surface area (Å²) in [4.78, 5) is 10.9. The molecule has 0 amide bonds. The van der Waals surface area contributed by atoms with Crippen molar-refractivity contribution < 1.29 is 33.6 Å². The van der Waals surface area contributed by atoms with Crippen molar-refractivity contribution in [1.29, 1.82) is 0 Å². The summed E-state index contributed by atoms with van der Waals surface area (Å²) in [6, 6.07) is 0. The quantitative estimate of drug-likeness (QED) is 0.322. The highest BCUT2D eigenvalue weighted by Gasteiger charge is 2.18. The molecule has 0 rings (SSSR count). The molecule has 0 saturated carbocycles. The number of rotatable bonds is 17. The summed E-state index contributed by atoms with van der Waals surface area (Å²) in [5.74, 6) is -1.12. The van der Waals surface area contributed by atoms with Gasteiger partial charge in [-0.2, -0.15) is 0 Å². The molecule has 1 atom stereocenters. The van der Waals surface area contributed by atoms with E-state index < -0.39 is 12.3 Å². The van der Waals surface area contributed by atoms with Crippen molar-refractivity contribution in [2.24, 2.45) is 0 Å². The molecule has 0 bridgehead atoms. The number of carboxylic acids is 1. The van der Waals surface area contributed by atoms with Crippen LogP contribution < -0.4 is 0 Å². The lowest BCUT2D eigenvalue weighted by atomic mass is 10.3. The van der Waals surface area contributed by atoms with Crippen LogP contribution in [0.4, 0.5) is 0 Å². The lowest BCUT2D eigenvalue weighted by Gasteiger charge is -2.14. The average molecular weight is 322 g/mol. The third kappa shape index (κ3) is 14.2. The monoisotopic (exact) mass is 322 g/mol. The first kappa shape index (κ1) is 21.3. The molecule has 0 aliphatic carbocycles. The van der Waals surface area contributed by atoms with Crippen LogP contribution >= 0.6 is 0 Å². The zero-order chi connectivity index (χ0) is 16.5. The largest absolute Gasteiger partial charge is 0.477 e. The normalized spacial score (nSPS) is 12.5. The third-order valence-corrected chi connectivity index (χ3v) is 2.66. The van der Waals surface area contributed by atoms with Gasteiger partial charge in [0, 0.05) is 6.61 Å². The van der Waals surface area contributed by atoms with E-state index in [2.05, 4.69) is 6.92 Å². The molecule has 1 unspecified atom stereocenters. The molecule has 0 radical (unpaired) electrons. The molecule has 0 aromatic heterocycles. The first-order valence-corrected chi connectivity index (χ1v) is 7.91. The first-order chi connectivity index (χ1) is 10.7. The fourth-order valence-corrected chi connectivity index (χ4v) is 1.53. The van der Waals surface area contributed by atoms with Gasteiger partial charge in [-0.1, -0.05) is 19.8 Å². The summed E-state index contributed by atoms with van der Waals surface area (Å²) in [7, 11) is 0. The van der Waals surface area contributed by atoms with Gasteiger partial charge < -0.3 is 28.8 Å². The van der Waals surface area contributed by atoms with Crippen molar-refractivity contribution in [2.45, 2.75) is 39.4 Å². The van der Waals surface area contributed by atoms with E-state index in [1.807, 2.05) is 6.92 Å². The Morgan fingerprint density at radius 3 is 1.91 bits per heavy atom. The van der Waals surface area contributed by atoms with Gasteiger partial charge in [0.15, 0.2) is 0 Å². The van der Waals surface area contributed by atoms with E-state index >= 15 is 0 Å². The highest BCUT2D eigenvalue weighted by Crippen LogP contribution is 2.00. The lowest BCUT2D eigenvalue weighted by Crippen LogP contribution is -2.29. The van der Waals surface area contributed by atoms with Crippen molar-refractivity contribution in [3.8, 4) is 0 Å². The van der Waals surface area contributed by atoms with E-state index in [0.29, 0.717) is 46.2 Å². The van der Waals surface area contributed by atoms with E-state index in [1.165, 1.54) is 0 Å². The van der Waals surface area contributed by atoms with Gasteiger partial charge in [0.05, 0.1) is 46.2 Å². The average Bonchev–Trinajstić information content (AvgIpc) is 2.50. The van der Waals surface area contributed by atoms with Crippen LogP contribution in [0.25, 0.3) is 0 Å². The van der Waals surface area contributed by atoms with Gasteiger partial charge in [0.25, 0.3) is 6.29 Å². The van der Waals surface area contributed by atoms with E-state index in [-0.39, 0.29) is 6.61 Å². The fraction of sp³-hybridized carbons (Fsp3) is 0.933. The predicted molar refractivity (Wildman–Crippen MR) is 81.0 cm³/mol. The summed E-state index contributed by atoms with van der Waals surface area (Å²) >= 11 is 0. The summed E-state index contributed by atoms with van der Waals surface area (Å²) in [5, 5.41) is 8.95. The SMILES string of the molecule is CCCCCOC(OCCOCCOCCOCC)C(=O)O. The van der Waals surface area contributed by atoms with Crippen LogP contribution in [0.1, 0.15) is 33.1 Å². The van der Waals surface area contributed by atoms with Crippen molar-refractivity contribution in [2.75, 3.05) is 52.9 Å². The molecule has 0 aliphatic heterocycles. The molecule has 0 aromatic carbocycles. The molecular weight excluding hydrogens is 292 g/mol. The maximum Gasteiger partial charge on any atom is 0.361 e. The molecule has 132 valence electrons. The molecule has 0 fully saturated rings. The summed E-state index contributed by atoms with van der Waals surface area (Å²) < 4.78 is 26.0. The van der Waals surface area contributed by atoms with Crippen LogP contribution in [0.2, 0.25) is 0 Å². The minimum Gasteiger partial charge on any atom is -0.477 e. The van der Waals surface area contributed by atoms with Crippen LogP contribution in [-0.2, 0) is 28.5 Å². The Morgan fingerprint density at radius 1 is 0.818 bits per heavy atom. The van der Waals surface area contributed by atoms with E-state index in [9.17, 15) is 4.79 Å². The minimum absolute atomic E-state index is 0.170. The maximum atomic E-state index is 10.9. The molecule has 7 nitrogen and oxygen atoms in total. The van der Waals surface area contributed by atoms with Gasteiger partial charge in [-0.05, 0) is 13.3 Å². The first-order valence-electron chi connectivity index (χ1n) is 7.91. The lowest BCUT2D eigenvalue weighted by molar-refractivity contribution is -0.192. The molecule has 0 aromatic rings. The van der Waals surface area contributed by atoms with E-state index in [1.54, 1.807) is 0 Å². The second kappa shape index (κ2) is 16.6. The van der Waals surface area contributed by atoms with Crippen LogP contribution in [0.5, 0.6) is 0 Å². The topological polar surface area (TPSA) is 83.5 Å². The number of hydrogen-bond acceptors (Lipinski definition) is 6. The van der Waals surface area contributed by atoms with Crippen LogP contribution in [-0.4, -0.2) is 70.2 Å². The predicted octanol–water partition coefficient (Wildman–Crippen LogP) is 1.69. The summed E-state index contributed by atoms with van der Waals surface area (Å²) in [5.41, 5.74) is 0. The highest BCUT2D eigenvalue weighted by atomic mass is 16.7. The van der Waals surface area contributed by atoms with Crippen molar-refractivity contribution in [3.05, 3.63) is 0 Å². The van der Waals surface area contributed by atoms with E-state index in [4.69, 9.17) is 28.8 Å². The van der Waals surface area contributed by atoms with Gasteiger partial charge in [-0.3, -0.25) is 0 Å². The zero-order valence-corrected chi connectivity index (χ0v) is 13.8. The number of carboxylic acid groups (broad SMARTS) is 1. The minimum atomic E-state index is -1.22. The van der Waals surface area contributed by atoms with Crippen LogP contribution in [0.15, 0.2) is 0 Å². The Labute approximate surface area is 132 Å². The zero-order valence-electron chi connectivity index (χ0n) is 13.8. The molecule has 22 heavy (non-hydrogen) atoms. The van der Waals surface area contributed by atoms with Gasteiger partial charge >= 0.3 is 5.97 Å². The molecular formula is C15H30O7. The number of unbranched alkanes of at least 4 members (excludes halogenated alkanes) is 2. The Hall–Kier alpha value is -0.730. The molecule has 0 spiro atoms. The van der Waals surface area contributed by atoms with Crippen molar-refractivity contribution in [3.63, 3.8) is 0 Å². The summed E-state index contributed by atoms with van der Waals surface area (Å²) in [6.45, 7) is 7.58. The Morgan fingerprint density at radius 2 is 1.36 bits per heavy atom. The molecule has 0 aliphatic rings. The molecule has 0 saturated heterocycles. The van der Waals surface area contributed by atoms with Gasteiger partial charge in [-0.15, -0.1) is 0 Å². The molecule has 0 heterocycles. The summed E-state index contributed by atoms with van der Waals surface area (Å²) in [6.07, 6.45) is 1.68. The Balaban J connectivity index is 3.42. The molecule has 1 N–H and O–H groups in total. The van der Waals surface area contributed by atoms with Gasteiger partial charge in [0.2, 0.25) is 0 Å². The Bertz CT molecular complexity index is 248. The van der Waals surface area contributed by atoms with E-state index in [0.717, 1.165) is 19.3 Å². The number of hydrogen-bond donors (Lipinski definition) is 1. The van der Waals surface area contributed by atoms with Crippen LogP contribution in [0, 0.1) is 0 Å². The van der Waals surface area contributed by atoms with Crippen LogP contribution in [0.3, 0.4) is 0 Å². The highest BCUT2D eigenvalue weighted by molar-refractivity contribution is 5.70. The second-order valence-electron chi connectivity index (χ2n) is 4.54. The maximum absolute atomic E-state index is 10.9. The van der Waals surface area contributed by atoms with Gasteiger partial charge in [-0.25, -0.2) is 4.79 Å². The van der Waals surface area contributed by atoms with Gasteiger partial charge in [0.1, 0.15) is 0 Å². The second-order valence-corrected chi connectivity index (χ2v) is 4.54. The number of ether oxygens (including phenoxy) is 5. The van der Waals surface area contributed by atoms with Crippen molar-refractivity contribution in [1.82, 2.24) is 0 Å². The standard InChI is InChI=1S/C15H30O7/c1-3-5-6-7-21-15(14(16)17)22-13-12-20-11-10-19-9-8-18-4-2/h15H,3-13H2,1-2H3,(H,16,17). The number of aliphatic carboxylic acids is 1. The smallest absolute Gasteiger partial charge is 0.361 e. The third-order valence-electron chi connectivity index (χ3n) is 2.66. The Kier molecular flexibility index (Phi) is 16.1. The van der Waals surface area contributed by atoms with Crippen molar-refractivity contribution >= 4 is 5.97 Å².